The molecule has 0 spiro atoms. The molecule has 0 saturated heterocycles. The summed E-state index contributed by atoms with van der Waals surface area (Å²) in [6, 6.07) is 8.22. The van der Waals surface area contributed by atoms with Crippen molar-refractivity contribution in [1.29, 1.82) is 0 Å². The largest absolute Gasteiger partial charge is 0.494 e. The van der Waals surface area contributed by atoms with Crippen LogP contribution in [-0.4, -0.2) is 6.61 Å². The molecule has 15 heavy (non-hydrogen) atoms. The van der Waals surface area contributed by atoms with E-state index < -0.39 is 0 Å². The summed E-state index contributed by atoms with van der Waals surface area (Å²) in [6.45, 7) is 4.91. The topological polar surface area (TPSA) is 35.2 Å². The van der Waals surface area contributed by atoms with Gasteiger partial charge in [-0.05, 0) is 37.0 Å². The smallest absolute Gasteiger partial charge is 0.119 e. The van der Waals surface area contributed by atoms with Gasteiger partial charge in [-0.1, -0.05) is 25.5 Å². The van der Waals surface area contributed by atoms with E-state index in [1.165, 1.54) is 12.0 Å². The van der Waals surface area contributed by atoms with Gasteiger partial charge >= 0.3 is 0 Å². The highest BCUT2D eigenvalue weighted by Crippen LogP contribution is 2.51. The molecule has 1 saturated carbocycles. The molecule has 2 heteroatoms. The second-order valence-electron chi connectivity index (χ2n) is 4.31. The third kappa shape index (κ3) is 1.86. The summed E-state index contributed by atoms with van der Waals surface area (Å²) < 4.78 is 5.41. The van der Waals surface area contributed by atoms with Crippen molar-refractivity contribution in [3.05, 3.63) is 29.8 Å². The van der Waals surface area contributed by atoms with Crippen molar-refractivity contribution in [2.45, 2.75) is 32.2 Å². The minimum absolute atomic E-state index is 0.0561. The van der Waals surface area contributed by atoms with Gasteiger partial charge in [0.15, 0.2) is 0 Å². The minimum atomic E-state index is -0.0561. The Bertz CT molecular complexity index is 333. The first-order valence-electron chi connectivity index (χ1n) is 5.73. The Morgan fingerprint density at radius 2 is 2.00 bits per heavy atom. The van der Waals surface area contributed by atoms with Crippen LogP contribution in [0.3, 0.4) is 0 Å². The zero-order valence-corrected chi connectivity index (χ0v) is 9.49. The molecule has 2 rings (SSSR count). The van der Waals surface area contributed by atoms with Gasteiger partial charge in [0.1, 0.15) is 5.75 Å². The first-order chi connectivity index (χ1) is 7.20. The van der Waals surface area contributed by atoms with Gasteiger partial charge in [-0.2, -0.15) is 0 Å². The molecule has 2 nitrogen and oxygen atoms in total. The molecule has 2 unspecified atom stereocenters. The highest BCUT2D eigenvalue weighted by atomic mass is 16.5. The maximum atomic E-state index is 6.31. The molecule has 1 aliphatic carbocycles. The quantitative estimate of drug-likeness (QED) is 0.820. The van der Waals surface area contributed by atoms with Gasteiger partial charge in [-0.15, -0.1) is 0 Å². The summed E-state index contributed by atoms with van der Waals surface area (Å²) >= 11 is 0. The monoisotopic (exact) mass is 205 g/mol. The summed E-state index contributed by atoms with van der Waals surface area (Å²) in [6.07, 6.45) is 2.29. The lowest BCUT2D eigenvalue weighted by atomic mass is 10.0. The van der Waals surface area contributed by atoms with E-state index in [0.29, 0.717) is 12.5 Å². The normalized spacial score (nSPS) is 28.9. The Morgan fingerprint density at radius 1 is 1.33 bits per heavy atom. The molecule has 2 N–H and O–H groups in total. The summed E-state index contributed by atoms with van der Waals surface area (Å²) in [4.78, 5) is 0. The molecule has 1 aromatic rings. The van der Waals surface area contributed by atoms with Crippen LogP contribution < -0.4 is 10.5 Å². The maximum absolute atomic E-state index is 6.31. The number of rotatable bonds is 4. The molecule has 82 valence electrons. The summed E-state index contributed by atoms with van der Waals surface area (Å²) in [5, 5.41) is 0. The summed E-state index contributed by atoms with van der Waals surface area (Å²) in [5.74, 6) is 1.59. The molecule has 0 heterocycles. The number of hydrogen-bond donors (Lipinski definition) is 1. The molecule has 1 aliphatic rings. The molecular formula is C13H19NO. The van der Waals surface area contributed by atoms with E-state index in [-0.39, 0.29) is 5.54 Å². The fourth-order valence-electron chi connectivity index (χ4n) is 2.24. The fourth-order valence-corrected chi connectivity index (χ4v) is 2.24. The number of ether oxygens (including phenoxy) is 1. The Morgan fingerprint density at radius 3 is 2.47 bits per heavy atom. The number of benzene rings is 1. The highest BCUT2D eigenvalue weighted by molar-refractivity contribution is 5.36. The van der Waals surface area contributed by atoms with Crippen molar-refractivity contribution in [2.75, 3.05) is 6.61 Å². The SMILES string of the molecule is CCOc1ccc(C2(N)CC2CC)cc1. The van der Waals surface area contributed by atoms with Crippen LogP contribution in [0.2, 0.25) is 0 Å². The lowest BCUT2D eigenvalue weighted by Gasteiger charge is -2.12. The average molecular weight is 205 g/mol. The second kappa shape index (κ2) is 3.86. The van der Waals surface area contributed by atoms with Gasteiger partial charge in [0, 0.05) is 5.54 Å². The van der Waals surface area contributed by atoms with Crippen LogP contribution in [0.4, 0.5) is 0 Å². The van der Waals surface area contributed by atoms with Crippen LogP contribution in [0.15, 0.2) is 24.3 Å². The Kier molecular flexibility index (Phi) is 2.70. The maximum Gasteiger partial charge on any atom is 0.119 e. The van der Waals surface area contributed by atoms with Crippen LogP contribution in [0.1, 0.15) is 32.3 Å². The third-order valence-corrected chi connectivity index (χ3v) is 3.35. The summed E-state index contributed by atoms with van der Waals surface area (Å²) in [5.41, 5.74) is 7.50. The van der Waals surface area contributed by atoms with Crippen LogP contribution in [0.5, 0.6) is 5.75 Å². The van der Waals surface area contributed by atoms with E-state index in [1.54, 1.807) is 0 Å². The van der Waals surface area contributed by atoms with Crippen LogP contribution in [0, 0.1) is 5.92 Å². The zero-order chi connectivity index (χ0) is 10.9. The second-order valence-corrected chi connectivity index (χ2v) is 4.31. The van der Waals surface area contributed by atoms with Gasteiger partial charge in [0.2, 0.25) is 0 Å². The van der Waals surface area contributed by atoms with Crippen molar-refractivity contribution >= 4 is 0 Å². The molecule has 2 atom stereocenters. The van der Waals surface area contributed by atoms with E-state index in [9.17, 15) is 0 Å². The lowest BCUT2D eigenvalue weighted by Crippen LogP contribution is -2.21. The standard InChI is InChI=1S/C13H19NO/c1-3-10-9-13(10,14)11-5-7-12(8-6-11)15-4-2/h5-8,10H,3-4,9,14H2,1-2H3. The molecule has 0 aliphatic heterocycles. The van der Waals surface area contributed by atoms with Crippen LogP contribution >= 0.6 is 0 Å². The van der Waals surface area contributed by atoms with Crippen molar-refractivity contribution < 1.29 is 4.74 Å². The molecular weight excluding hydrogens is 186 g/mol. The molecule has 0 aromatic heterocycles. The van der Waals surface area contributed by atoms with Gasteiger partial charge in [0.05, 0.1) is 6.61 Å². The lowest BCUT2D eigenvalue weighted by molar-refractivity contribution is 0.340. The van der Waals surface area contributed by atoms with E-state index in [0.717, 1.165) is 12.2 Å². The highest BCUT2D eigenvalue weighted by Gasteiger charge is 2.50. The van der Waals surface area contributed by atoms with Gasteiger partial charge in [-0.3, -0.25) is 0 Å². The zero-order valence-electron chi connectivity index (χ0n) is 9.49. The van der Waals surface area contributed by atoms with Crippen molar-refractivity contribution in [3.63, 3.8) is 0 Å². The summed E-state index contributed by atoms with van der Waals surface area (Å²) in [7, 11) is 0. The van der Waals surface area contributed by atoms with Gasteiger partial charge in [-0.25, -0.2) is 0 Å². The third-order valence-electron chi connectivity index (χ3n) is 3.35. The van der Waals surface area contributed by atoms with Crippen molar-refractivity contribution in [1.82, 2.24) is 0 Å². The Balaban J connectivity index is 2.11. The Hall–Kier alpha value is -1.02. The Labute approximate surface area is 91.4 Å². The van der Waals surface area contributed by atoms with E-state index >= 15 is 0 Å². The van der Waals surface area contributed by atoms with E-state index in [4.69, 9.17) is 10.5 Å². The first-order valence-corrected chi connectivity index (χ1v) is 5.73. The number of hydrogen-bond acceptors (Lipinski definition) is 2. The average Bonchev–Trinajstić information content (AvgIpc) is 2.93. The van der Waals surface area contributed by atoms with Crippen LogP contribution in [0.25, 0.3) is 0 Å². The molecule has 0 bridgehead atoms. The van der Waals surface area contributed by atoms with E-state index in [2.05, 4.69) is 19.1 Å². The van der Waals surface area contributed by atoms with E-state index in [1.807, 2.05) is 19.1 Å². The minimum Gasteiger partial charge on any atom is -0.494 e. The predicted octanol–water partition coefficient (Wildman–Crippen LogP) is 2.67. The fraction of sp³-hybridized carbons (Fsp3) is 0.538. The molecule has 1 aromatic carbocycles. The van der Waals surface area contributed by atoms with Gasteiger partial charge in [0.25, 0.3) is 0 Å². The first kappa shape index (κ1) is 10.5. The van der Waals surface area contributed by atoms with Crippen molar-refractivity contribution in [2.24, 2.45) is 11.7 Å². The van der Waals surface area contributed by atoms with Gasteiger partial charge < -0.3 is 10.5 Å². The molecule has 1 fully saturated rings. The van der Waals surface area contributed by atoms with Crippen LogP contribution in [-0.2, 0) is 5.54 Å². The molecule has 0 amide bonds. The van der Waals surface area contributed by atoms with Crippen molar-refractivity contribution in [3.8, 4) is 5.75 Å². The number of nitrogens with two attached hydrogens (primary N) is 1. The molecule has 0 radical (unpaired) electrons. The predicted molar refractivity (Wildman–Crippen MR) is 61.9 cm³/mol.